The van der Waals surface area contributed by atoms with Gasteiger partial charge >= 0.3 is 11.9 Å². The molecule has 4 heterocycles. The summed E-state index contributed by atoms with van der Waals surface area (Å²) in [4.78, 5) is 25.3. The van der Waals surface area contributed by atoms with E-state index in [1.54, 1.807) is 26.0 Å². The van der Waals surface area contributed by atoms with Gasteiger partial charge in [-0.1, -0.05) is 6.08 Å². The summed E-state index contributed by atoms with van der Waals surface area (Å²) < 4.78 is 16.2. The normalized spacial score (nSPS) is 46.5. The molecule has 0 amide bonds. The van der Waals surface area contributed by atoms with Gasteiger partial charge < -0.3 is 29.2 Å². The van der Waals surface area contributed by atoms with Gasteiger partial charge in [-0.05, 0) is 19.9 Å². The maximum Gasteiger partial charge on any atom is 0.341 e. The third-order valence-electron chi connectivity index (χ3n) is 6.28. The Kier molecular flexibility index (Phi) is 3.82. The number of allylic oxidation sites excluding steroid dienone is 1. The van der Waals surface area contributed by atoms with Gasteiger partial charge in [0.15, 0.2) is 17.7 Å². The van der Waals surface area contributed by atoms with Gasteiger partial charge in [0.25, 0.3) is 0 Å². The second kappa shape index (κ2) is 5.63. The minimum Gasteiger partial charge on any atom is -0.632 e. The molecule has 8 nitrogen and oxygen atoms in total. The largest absolute Gasteiger partial charge is 0.632 e. The van der Waals surface area contributed by atoms with Crippen molar-refractivity contribution in [1.29, 1.82) is 0 Å². The van der Waals surface area contributed by atoms with Crippen LogP contribution in [0.5, 0.6) is 0 Å². The first kappa shape index (κ1) is 17.7. The Bertz CT molecular complexity index is 731. The number of nitrogens with zero attached hydrogens (tertiary/aromatic N) is 1. The first-order chi connectivity index (χ1) is 12.3. The molecular weight excluding hydrogens is 342 g/mol. The average Bonchev–Trinajstić information content (AvgIpc) is 2.89. The lowest BCUT2D eigenvalue weighted by Gasteiger charge is -2.40. The summed E-state index contributed by atoms with van der Waals surface area (Å²) >= 11 is 0. The number of hydrogen-bond donors (Lipinski definition) is 1. The number of hydroxylamine groups is 3. The topological polar surface area (TPSA) is 108 Å². The van der Waals surface area contributed by atoms with Crippen LogP contribution in [0.3, 0.4) is 0 Å². The molecule has 0 bridgehead atoms. The van der Waals surface area contributed by atoms with E-state index in [4.69, 9.17) is 14.2 Å². The van der Waals surface area contributed by atoms with E-state index in [0.29, 0.717) is 24.1 Å². The van der Waals surface area contributed by atoms with Crippen LogP contribution in [-0.4, -0.2) is 71.3 Å². The number of carbonyl (C=O) groups excluding carboxylic acids is 2. The van der Waals surface area contributed by atoms with Gasteiger partial charge in [0.2, 0.25) is 0 Å². The van der Waals surface area contributed by atoms with Crippen molar-refractivity contribution in [3.8, 4) is 0 Å². The van der Waals surface area contributed by atoms with Crippen molar-refractivity contribution in [2.45, 2.75) is 50.0 Å². The highest BCUT2D eigenvalue weighted by atomic mass is 16.7. The number of esters is 2. The summed E-state index contributed by atoms with van der Waals surface area (Å²) in [5, 5.41) is 22.7. The van der Waals surface area contributed by atoms with Crippen molar-refractivity contribution in [1.82, 2.24) is 0 Å². The van der Waals surface area contributed by atoms with E-state index < -0.39 is 46.5 Å². The molecule has 0 aliphatic carbocycles. The van der Waals surface area contributed by atoms with E-state index >= 15 is 0 Å². The minimum absolute atomic E-state index is 0.0310. The monoisotopic (exact) mass is 365 g/mol. The number of ether oxygens (including phenoxy) is 3. The zero-order chi connectivity index (χ0) is 18.7. The van der Waals surface area contributed by atoms with Crippen LogP contribution in [0.4, 0.5) is 0 Å². The highest BCUT2D eigenvalue weighted by Crippen LogP contribution is 2.53. The summed E-state index contributed by atoms with van der Waals surface area (Å²) in [7, 11) is 0. The molecule has 5 atom stereocenters. The second-order valence-corrected chi connectivity index (χ2v) is 7.67. The zero-order valence-electron chi connectivity index (χ0n) is 14.9. The van der Waals surface area contributed by atoms with Crippen molar-refractivity contribution in [3.63, 3.8) is 0 Å². The van der Waals surface area contributed by atoms with Gasteiger partial charge in [-0.2, -0.15) is 0 Å². The third-order valence-corrected chi connectivity index (χ3v) is 6.28. The molecule has 0 aromatic carbocycles. The molecular formula is C18H23NO7. The van der Waals surface area contributed by atoms with E-state index in [0.717, 1.165) is 0 Å². The van der Waals surface area contributed by atoms with Crippen LogP contribution in [0, 0.1) is 5.21 Å². The Balaban J connectivity index is 1.69. The van der Waals surface area contributed by atoms with E-state index in [-0.39, 0.29) is 19.6 Å². The number of fused-ring (bicyclic) bond motifs is 1. The SMILES string of the molecule is C/C=C1/C[C@]2(CO)O[C@@]2(C)C(=O)OCC2=CC[N+]3([O-])CC[C@@H](OC1=O)[C@@H]23. The Labute approximate surface area is 151 Å². The van der Waals surface area contributed by atoms with Crippen molar-refractivity contribution in [2.24, 2.45) is 0 Å². The van der Waals surface area contributed by atoms with Gasteiger partial charge in [0, 0.05) is 24.0 Å². The summed E-state index contributed by atoms with van der Waals surface area (Å²) in [5.74, 6) is -1.13. The van der Waals surface area contributed by atoms with Crippen LogP contribution in [0.25, 0.3) is 0 Å². The van der Waals surface area contributed by atoms with Crippen LogP contribution < -0.4 is 0 Å². The molecule has 3 saturated heterocycles. The van der Waals surface area contributed by atoms with E-state index in [1.807, 2.05) is 0 Å². The Morgan fingerprint density at radius 2 is 2.23 bits per heavy atom. The fourth-order valence-corrected chi connectivity index (χ4v) is 4.49. The van der Waals surface area contributed by atoms with Crippen molar-refractivity contribution < 1.29 is 33.6 Å². The summed E-state index contributed by atoms with van der Waals surface area (Å²) in [6.07, 6.45) is 3.35. The lowest BCUT2D eigenvalue weighted by Crippen LogP contribution is -2.48. The number of aliphatic hydroxyl groups excluding tert-OH is 1. The number of cyclic esters (lactones) is 1. The van der Waals surface area contributed by atoms with E-state index in [2.05, 4.69) is 0 Å². The maximum absolute atomic E-state index is 12.9. The number of aliphatic hydroxyl groups is 1. The molecule has 1 N–H and O–H groups in total. The predicted octanol–water partition coefficient (Wildman–Crippen LogP) is 0.338. The number of carbonyl (C=O) groups is 2. The molecule has 0 aromatic rings. The van der Waals surface area contributed by atoms with Crippen LogP contribution >= 0.6 is 0 Å². The maximum atomic E-state index is 12.9. The van der Waals surface area contributed by atoms with Crippen LogP contribution in [-0.2, 0) is 23.8 Å². The van der Waals surface area contributed by atoms with Gasteiger partial charge in [-0.3, -0.25) is 0 Å². The molecule has 26 heavy (non-hydrogen) atoms. The van der Waals surface area contributed by atoms with Crippen LogP contribution in [0.15, 0.2) is 23.3 Å². The second-order valence-electron chi connectivity index (χ2n) is 7.67. The first-order valence-electron chi connectivity index (χ1n) is 8.90. The fourth-order valence-electron chi connectivity index (χ4n) is 4.49. The molecule has 3 fully saturated rings. The van der Waals surface area contributed by atoms with Crippen molar-refractivity contribution in [2.75, 3.05) is 26.3 Å². The van der Waals surface area contributed by atoms with Crippen LogP contribution in [0.1, 0.15) is 26.7 Å². The molecule has 0 aromatic heterocycles. The standard InChI is InChI=1S/C18H23NO7/c1-3-11-8-18(10-20)17(2,26-18)16(22)24-9-12-4-6-19(23)7-5-13(14(12)19)25-15(11)21/h3-4,13-14,20H,5-10H2,1-2H3/b11-3-/t13-,14-,17+,18-,19?/m1/s1. The number of hydrogen-bond acceptors (Lipinski definition) is 7. The molecule has 8 heteroatoms. The lowest BCUT2D eigenvalue weighted by atomic mass is 9.88. The summed E-state index contributed by atoms with van der Waals surface area (Å²) in [5.41, 5.74) is -1.52. The molecule has 0 saturated carbocycles. The third kappa shape index (κ3) is 2.29. The van der Waals surface area contributed by atoms with E-state index in [1.165, 1.54) is 0 Å². The zero-order valence-corrected chi connectivity index (χ0v) is 14.9. The summed E-state index contributed by atoms with van der Waals surface area (Å²) in [6.45, 7) is 3.44. The minimum atomic E-state index is -1.33. The van der Waals surface area contributed by atoms with E-state index in [9.17, 15) is 19.9 Å². The molecule has 0 radical (unpaired) electrons. The molecule has 1 unspecified atom stereocenters. The van der Waals surface area contributed by atoms with Crippen LogP contribution in [0.2, 0.25) is 0 Å². The lowest BCUT2D eigenvalue weighted by molar-refractivity contribution is -0.877. The van der Waals surface area contributed by atoms with Gasteiger partial charge in [0.05, 0.1) is 19.7 Å². The fraction of sp³-hybridized carbons (Fsp3) is 0.667. The Morgan fingerprint density at radius 3 is 2.92 bits per heavy atom. The molecule has 0 spiro atoms. The highest BCUT2D eigenvalue weighted by Gasteiger charge is 2.73. The smallest absolute Gasteiger partial charge is 0.341 e. The van der Waals surface area contributed by atoms with Gasteiger partial charge in [0.1, 0.15) is 12.2 Å². The quantitative estimate of drug-likeness (QED) is 0.178. The van der Waals surface area contributed by atoms with Gasteiger partial charge in [-0.15, -0.1) is 0 Å². The molecule has 4 rings (SSSR count). The molecule has 4 aliphatic rings. The number of rotatable bonds is 1. The van der Waals surface area contributed by atoms with Gasteiger partial charge in [-0.25, -0.2) is 9.59 Å². The predicted molar refractivity (Wildman–Crippen MR) is 88.4 cm³/mol. The number of quaternary nitrogens is 1. The Hall–Kier alpha value is -1.74. The molecule has 4 aliphatic heterocycles. The average molecular weight is 365 g/mol. The van der Waals surface area contributed by atoms with Crippen molar-refractivity contribution in [3.05, 3.63) is 28.5 Å². The number of epoxide rings is 1. The molecule has 142 valence electrons. The summed E-state index contributed by atoms with van der Waals surface area (Å²) in [6, 6.07) is -0.528. The Morgan fingerprint density at radius 1 is 1.46 bits per heavy atom. The first-order valence-corrected chi connectivity index (χ1v) is 8.90. The van der Waals surface area contributed by atoms with Crippen molar-refractivity contribution >= 4 is 11.9 Å². The highest BCUT2D eigenvalue weighted by molar-refractivity contribution is 5.90.